The molecule has 24 heavy (non-hydrogen) atoms. The zero-order valence-corrected chi connectivity index (χ0v) is 16.8. The van der Waals surface area contributed by atoms with Gasteiger partial charge in [-0.1, -0.05) is 33.3 Å². The third kappa shape index (κ3) is 3.09. The minimum absolute atomic E-state index is 0.0372. The lowest BCUT2D eigenvalue weighted by molar-refractivity contribution is 0.528. The van der Waals surface area contributed by atoms with Crippen LogP contribution in [0.5, 0.6) is 0 Å². The van der Waals surface area contributed by atoms with Gasteiger partial charge < -0.3 is 9.32 Å². The maximum Gasteiger partial charge on any atom is 0.271 e. The van der Waals surface area contributed by atoms with Crippen molar-refractivity contribution in [2.24, 2.45) is 4.99 Å². The van der Waals surface area contributed by atoms with Gasteiger partial charge in [0, 0.05) is 16.2 Å². The number of rotatable bonds is 2. The van der Waals surface area contributed by atoms with Crippen LogP contribution in [0.25, 0.3) is 6.08 Å². The molecular formula is C16H11BrIN3O2S. The largest absolute Gasteiger partial charge is 0.451 e. The number of anilines is 1. The first-order valence-electron chi connectivity index (χ1n) is 7.12. The molecule has 1 aromatic carbocycles. The molecule has 122 valence electrons. The van der Waals surface area contributed by atoms with Crippen LogP contribution in [0, 0.1) is 3.77 Å². The maximum absolute atomic E-state index is 12.7. The monoisotopic (exact) mass is 515 g/mol. The van der Waals surface area contributed by atoms with Crippen LogP contribution in [0.3, 0.4) is 0 Å². The zero-order valence-electron chi connectivity index (χ0n) is 12.3. The Morgan fingerprint density at radius 1 is 1.33 bits per heavy atom. The molecule has 0 bridgehead atoms. The second-order valence-electron chi connectivity index (χ2n) is 5.23. The van der Waals surface area contributed by atoms with E-state index in [4.69, 9.17) is 4.42 Å². The van der Waals surface area contributed by atoms with E-state index in [0.717, 1.165) is 18.7 Å². The summed E-state index contributed by atoms with van der Waals surface area (Å²) in [5.74, 6) is 0.680. The number of nitrogens with zero attached hydrogens (tertiary/aromatic N) is 3. The van der Waals surface area contributed by atoms with Crippen LogP contribution in [0.15, 0.2) is 55.1 Å². The fourth-order valence-corrected chi connectivity index (χ4v) is 4.25. The van der Waals surface area contributed by atoms with Gasteiger partial charge in [0.05, 0.1) is 4.53 Å². The van der Waals surface area contributed by atoms with E-state index in [1.54, 1.807) is 10.6 Å². The van der Waals surface area contributed by atoms with Crippen LogP contribution in [0.2, 0.25) is 0 Å². The average molecular weight is 516 g/mol. The normalized spacial score (nSPS) is 14.6. The van der Waals surface area contributed by atoms with Crippen LogP contribution in [0.4, 0.5) is 5.69 Å². The molecule has 2 aromatic heterocycles. The lowest BCUT2D eigenvalue weighted by atomic mass is 10.3. The van der Waals surface area contributed by atoms with E-state index in [9.17, 15) is 4.79 Å². The van der Waals surface area contributed by atoms with Gasteiger partial charge in [0.15, 0.2) is 8.57 Å². The molecule has 0 atom stereocenters. The highest BCUT2D eigenvalue weighted by Gasteiger charge is 2.16. The molecule has 1 aliphatic rings. The average Bonchev–Trinajstić information content (AvgIpc) is 3.11. The number of aromatic nitrogens is 1. The summed E-state index contributed by atoms with van der Waals surface area (Å²) in [5, 5.41) is 0. The molecule has 3 aromatic rings. The summed E-state index contributed by atoms with van der Waals surface area (Å²) in [6, 6.07) is 11.7. The molecule has 0 aliphatic carbocycles. The molecule has 5 nitrogen and oxygen atoms in total. The van der Waals surface area contributed by atoms with Gasteiger partial charge in [-0.3, -0.25) is 9.36 Å². The Labute approximate surface area is 163 Å². The van der Waals surface area contributed by atoms with Gasteiger partial charge in [-0.25, -0.2) is 4.99 Å². The first-order valence-corrected chi connectivity index (χ1v) is 9.81. The summed E-state index contributed by atoms with van der Waals surface area (Å²) >= 11 is 6.98. The molecule has 0 spiro atoms. The van der Waals surface area contributed by atoms with E-state index in [1.165, 1.54) is 11.3 Å². The Hall–Kier alpha value is -1.39. The van der Waals surface area contributed by atoms with Gasteiger partial charge in [0.1, 0.15) is 19.1 Å². The molecule has 8 heteroatoms. The van der Waals surface area contributed by atoms with E-state index in [1.807, 2.05) is 36.4 Å². The summed E-state index contributed by atoms with van der Waals surface area (Å²) in [6.07, 6.45) is 1.78. The minimum Gasteiger partial charge on any atom is -0.451 e. The minimum atomic E-state index is -0.0372. The van der Waals surface area contributed by atoms with E-state index >= 15 is 0 Å². The predicted molar refractivity (Wildman–Crippen MR) is 106 cm³/mol. The van der Waals surface area contributed by atoms with Gasteiger partial charge in [0.2, 0.25) is 0 Å². The SMILES string of the molecule is O=c1/c(=C/c2ccc(I)o2)sc2n1CN(c1cccc(Br)c1)CN=2. The summed E-state index contributed by atoms with van der Waals surface area (Å²) < 4.78 is 9.66. The Bertz CT molecular complexity index is 1090. The highest BCUT2D eigenvalue weighted by atomic mass is 127. The van der Waals surface area contributed by atoms with Gasteiger partial charge in [-0.05, 0) is 52.9 Å². The van der Waals surface area contributed by atoms with Crippen LogP contribution in [-0.2, 0) is 6.67 Å². The summed E-state index contributed by atoms with van der Waals surface area (Å²) in [6.45, 7) is 1.03. The van der Waals surface area contributed by atoms with Crippen LogP contribution < -0.4 is 19.8 Å². The summed E-state index contributed by atoms with van der Waals surface area (Å²) in [7, 11) is 0. The fraction of sp³-hybridized carbons (Fsp3) is 0.125. The molecule has 0 saturated heterocycles. The third-order valence-corrected chi connectivity index (χ3v) is 5.74. The Balaban J connectivity index is 1.73. The standard InChI is InChI=1S/C16H11BrIN3O2S/c17-10-2-1-3-11(6-10)20-8-19-16-21(9-20)15(22)13(24-16)7-12-4-5-14(18)23-12/h1-7H,8-9H2/b13-7-. The molecule has 0 amide bonds. The molecular weight excluding hydrogens is 505 g/mol. The number of halogens is 2. The van der Waals surface area contributed by atoms with E-state index < -0.39 is 0 Å². The molecule has 0 N–H and O–H groups in total. The second-order valence-corrected chi connectivity index (χ2v) is 8.22. The Morgan fingerprint density at radius 3 is 2.96 bits per heavy atom. The lowest BCUT2D eigenvalue weighted by Gasteiger charge is -2.25. The van der Waals surface area contributed by atoms with Crippen molar-refractivity contribution in [3.8, 4) is 0 Å². The number of benzene rings is 1. The summed E-state index contributed by atoms with van der Waals surface area (Å²) in [4.78, 5) is 20.0. The number of fused-ring (bicyclic) bond motifs is 1. The Kier molecular flexibility index (Phi) is 4.35. The van der Waals surface area contributed by atoms with Crippen molar-refractivity contribution in [2.75, 3.05) is 11.6 Å². The van der Waals surface area contributed by atoms with E-state index in [-0.39, 0.29) is 5.56 Å². The molecule has 0 radical (unpaired) electrons. The quantitative estimate of drug-likeness (QED) is 0.493. The number of hydrogen-bond acceptors (Lipinski definition) is 5. The van der Waals surface area contributed by atoms with Crippen molar-refractivity contribution in [2.45, 2.75) is 6.67 Å². The highest BCUT2D eigenvalue weighted by Crippen LogP contribution is 2.20. The van der Waals surface area contributed by atoms with Crippen LogP contribution >= 0.6 is 49.9 Å². The summed E-state index contributed by atoms with van der Waals surface area (Å²) in [5.41, 5.74) is 0.993. The molecule has 1 aliphatic heterocycles. The molecule has 0 fully saturated rings. The van der Waals surface area contributed by atoms with Crippen LogP contribution in [0.1, 0.15) is 5.76 Å². The van der Waals surface area contributed by atoms with Crippen molar-refractivity contribution in [3.05, 3.63) is 70.1 Å². The topological polar surface area (TPSA) is 50.7 Å². The van der Waals surface area contributed by atoms with E-state index in [0.29, 0.717) is 23.6 Å². The smallest absolute Gasteiger partial charge is 0.271 e. The first kappa shape index (κ1) is 16.1. The fourth-order valence-electron chi connectivity index (χ4n) is 2.48. The molecule has 0 unspecified atom stereocenters. The van der Waals surface area contributed by atoms with Crippen molar-refractivity contribution in [1.82, 2.24) is 4.57 Å². The number of thiazole rings is 1. The van der Waals surface area contributed by atoms with Crippen molar-refractivity contribution in [1.29, 1.82) is 0 Å². The zero-order chi connectivity index (χ0) is 16.7. The number of hydrogen-bond donors (Lipinski definition) is 0. The number of furan rings is 1. The Morgan fingerprint density at radius 2 is 2.21 bits per heavy atom. The predicted octanol–water partition coefficient (Wildman–Crippen LogP) is 2.75. The molecule has 4 rings (SSSR count). The lowest BCUT2D eigenvalue weighted by Crippen LogP contribution is -2.42. The molecule has 0 saturated carbocycles. The van der Waals surface area contributed by atoms with Crippen molar-refractivity contribution < 1.29 is 4.42 Å². The second kappa shape index (κ2) is 6.49. The molecule has 3 heterocycles. The maximum atomic E-state index is 12.7. The third-order valence-electron chi connectivity index (χ3n) is 3.62. The van der Waals surface area contributed by atoms with Gasteiger partial charge in [0.25, 0.3) is 5.56 Å². The van der Waals surface area contributed by atoms with Gasteiger partial charge >= 0.3 is 0 Å². The van der Waals surface area contributed by atoms with Crippen molar-refractivity contribution in [3.63, 3.8) is 0 Å². The van der Waals surface area contributed by atoms with Gasteiger partial charge in [-0.15, -0.1) is 0 Å². The first-order chi connectivity index (χ1) is 11.6. The van der Waals surface area contributed by atoms with E-state index in [2.05, 4.69) is 48.4 Å². The highest BCUT2D eigenvalue weighted by molar-refractivity contribution is 14.1. The van der Waals surface area contributed by atoms with Crippen molar-refractivity contribution >= 4 is 61.6 Å². The van der Waals surface area contributed by atoms with Gasteiger partial charge in [-0.2, -0.15) is 0 Å². The van der Waals surface area contributed by atoms with Crippen LogP contribution in [-0.4, -0.2) is 11.2 Å².